The number of carbonyl (C=O) groups is 1. The molecule has 0 bridgehead atoms. The van der Waals surface area contributed by atoms with Crippen molar-refractivity contribution in [2.24, 2.45) is 5.73 Å². The monoisotopic (exact) mass is 267 g/mol. The molecule has 0 atom stereocenters. The van der Waals surface area contributed by atoms with E-state index in [0.717, 1.165) is 0 Å². The molecular weight excluding hydrogens is 250 g/mol. The molecular formula is C12H17N3O2S. The second-order valence-corrected chi connectivity index (χ2v) is 4.56. The van der Waals surface area contributed by atoms with E-state index in [9.17, 15) is 4.79 Å². The van der Waals surface area contributed by atoms with E-state index in [2.05, 4.69) is 10.6 Å². The molecule has 0 aliphatic heterocycles. The largest absolute Gasteiger partial charge is 0.487 e. The molecule has 0 fully saturated rings. The lowest BCUT2D eigenvalue weighted by atomic mass is 10.3. The summed E-state index contributed by atoms with van der Waals surface area (Å²) in [4.78, 5) is 11.7. The van der Waals surface area contributed by atoms with Gasteiger partial charge in [-0.1, -0.05) is 12.2 Å². The van der Waals surface area contributed by atoms with E-state index in [1.807, 2.05) is 13.8 Å². The van der Waals surface area contributed by atoms with Gasteiger partial charge in [0.2, 0.25) is 0 Å². The predicted octanol–water partition coefficient (Wildman–Crippen LogP) is 1.88. The summed E-state index contributed by atoms with van der Waals surface area (Å²) in [7, 11) is 0. The van der Waals surface area contributed by atoms with Crippen LogP contribution in [0.25, 0.3) is 0 Å². The number of benzene rings is 1. The Morgan fingerprint density at radius 1 is 1.39 bits per heavy atom. The summed E-state index contributed by atoms with van der Waals surface area (Å²) in [5.41, 5.74) is 6.01. The number of hydrogen-bond donors (Lipinski definition) is 3. The fourth-order valence-corrected chi connectivity index (χ4v) is 1.28. The third kappa shape index (κ3) is 5.49. The Balaban J connectivity index is 2.49. The number of amides is 2. The van der Waals surface area contributed by atoms with E-state index in [0.29, 0.717) is 16.4 Å². The van der Waals surface area contributed by atoms with Crippen LogP contribution in [0.1, 0.15) is 13.8 Å². The second-order valence-electron chi connectivity index (χ2n) is 4.03. The van der Waals surface area contributed by atoms with Crippen LogP contribution in [-0.2, 0) is 0 Å². The SMILES string of the molecule is CC(C)NC(=O)Nc1ccc(OCC(N)=S)cc1. The maximum absolute atomic E-state index is 11.4. The standard InChI is InChI=1S/C12H17N3O2S/c1-8(2)14-12(16)15-9-3-5-10(6-4-9)17-7-11(13)18/h3-6,8H,7H2,1-2H3,(H2,13,18)(H2,14,15,16). The van der Waals surface area contributed by atoms with Crippen molar-refractivity contribution in [3.63, 3.8) is 0 Å². The van der Waals surface area contributed by atoms with Gasteiger partial charge in [-0.3, -0.25) is 0 Å². The summed E-state index contributed by atoms with van der Waals surface area (Å²) >= 11 is 4.71. The molecule has 0 heterocycles. The molecule has 0 unspecified atom stereocenters. The fraction of sp³-hybridized carbons (Fsp3) is 0.333. The van der Waals surface area contributed by atoms with Crippen LogP contribution in [0.3, 0.4) is 0 Å². The third-order valence-corrected chi connectivity index (χ3v) is 2.03. The van der Waals surface area contributed by atoms with Crippen molar-refractivity contribution in [3.05, 3.63) is 24.3 Å². The normalized spacial score (nSPS) is 9.94. The Hall–Kier alpha value is -1.82. The van der Waals surface area contributed by atoms with Gasteiger partial charge in [0.15, 0.2) is 0 Å². The highest BCUT2D eigenvalue weighted by atomic mass is 32.1. The maximum atomic E-state index is 11.4. The Bertz CT molecular complexity index is 418. The molecule has 1 aromatic rings. The summed E-state index contributed by atoms with van der Waals surface area (Å²) in [6, 6.07) is 6.83. The number of anilines is 1. The van der Waals surface area contributed by atoms with Crippen LogP contribution in [0.15, 0.2) is 24.3 Å². The fourth-order valence-electron chi connectivity index (χ4n) is 1.22. The van der Waals surface area contributed by atoms with E-state index in [1.165, 1.54) is 0 Å². The van der Waals surface area contributed by atoms with Gasteiger partial charge >= 0.3 is 6.03 Å². The molecule has 6 heteroatoms. The van der Waals surface area contributed by atoms with Crippen LogP contribution in [0.4, 0.5) is 10.5 Å². The number of urea groups is 1. The zero-order valence-electron chi connectivity index (χ0n) is 10.4. The Morgan fingerprint density at radius 3 is 2.50 bits per heavy atom. The van der Waals surface area contributed by atoms with Gasteiger partial charge in [-0.25, -0.2) is 4.79 Å². The van der Waals surface area contributed by atoms with E-state index in [1.54, 1.807) is 24.3 Å². The molecule has 18 heavy (non-hydrogen) atoms. The van der Waals surface area contributed by atoms with Crippen molar-refractivity contribution in [3.8, 4) is 5.75 Å². The van der Waals surface area contributed by atoms with Gasteiger partial charge in [-0.15, -0.1) is 0 Å². The molecule has 0 aromatic heterocycles. The van der Waals surface area contributed by atoms with Crippen LogP contribution in [0, 0.1) is 0 Å². The van der Waals surface area contributed by atoms with Gasteiger partial charge in [0.05, 0.1) is 0 Å². The first kappa shape index (κ1) is 14.2. The molecule has 0 aliphatic rings. The lowest BCUT2D eigenvalue weighted by molar-refractivity contribution is 0.250. The number of hydrogen-bond acceptors (Lipinski definition) is 3. The lowest BCUT2D eigenvalue weighted by Gasteiger charge is -2.10. The highest BCUT2D eigenvalue weighted by molar-refractivity contribution is 7.80. The topological polar surface area (TPSA) is 76.4 Å². The number of nitrogens with two attached hydrogens (primary N) is 1. The number of thiocarbonyl (C=S) groups is 1. The van der Waals surface area contributed by atoms with E-state index < -0.39 is 0 Å². The van der Waals surface area contributed by atoms with Gasteiger partial charge in [0, 0.05) is 11.7 Å². The average molecular weight is 267 g/mol. The van der Waals surface area contributed by atoms with Gasteiger partial charge in [0.25, 0.3) is 0 Å². The molecule has 0 spiro atoms. The quantitative estimate of drug-likeness (QED) is 0.712. The van der Waals surface area contributed by atoms with E-state index >= 15 is 0 Å². The Labute approximate surface area is 112 Å². The van der Waals surface area contributed by atoms with E-state index in [-0.39, 0.29) is 18.7 Å². The number of ether oxygens (including phenoxy) is 1. The molecule has 0 saturated carbocycles. The van der Waals surface area contributed by atoms with Crippen LogP contribution in [-0.4, -0.2) is 23.7 Å². The first-order valence-electron chi connectivity index (χ1n) is 5.56. The van der Waals surface area contributed by atoms with Crippen molar-refractivity contribution < 1.29 is 9.53 Å². The minimum atomic E-state index is -0.234. The molecule has 0 saturated heterocycles. The van der Waals surface area contributed by atoms with Gasteiger partial charge in [0.1, 0.15) is 17.3 Å². The molecule has 1 rings (SSSR count). The average Bonchev–Trinajstić information content (AvgIpc) is 2.26. The van der Waals surface area contributed by atoms with Crippen molar-refractivity contribution in [2.45, 2.75) is 19.9 Å². The molecule has 0 aliphatic carbocycles. The minimum Gasteiger partial charge on any atom is -0.487 e. The van der Waals surface area contributed by atoms with E-state index in [4.69, 9.17) is 22.7 Å². The van der Waals surface area contributed by atoms with Crippen LogP contribution >= 0.6 is 12.2 Å². The van der Waals surface area contributed by atoms with Crippen molar-refractivity contribution >= 4 is 28.9 Å². The third-order valence-electron chi connectivity index (χ3n) is 1.91. The Kier molecular flexibility index (Phi) is 5.38. The molecule has 0 radical (unpaired) electrons. The number of rotatable bonds is 5. The van der Waals surface area contributed by atoms with Crippen molar-refractivity contribution in [1.29, 1.82) is 0 Å². The summed E-state index contributed by atoms with van der Waals surface area (Å²) in [5, 5.41) is 5.44. The predicted molar refractivity (Wildman–Crippen MR) is 76.0 cm³/mol. The highest BCUT2D eigenvalue weighted by Crippen LogP contribution is 2.15. The highest BCUT2D eigenvalue weighted by Gasteiger charge is 2.03. The van der Waals surface area contributed by atoms with Crippen molar-refractivity contribution in [1.82, 2.24) is 5.32 Å². The van der Waals surface area contributed by atoms with Gasteiger partial charge in [-0.2, -0.15) is 0 Å². The number of carbonyl (C=O) groups excluding carboxylic acids is 1. The van der Waals surface area contributed by atoms with Crippen molar-refractivity contribution in [2.75, 3.05) is 11.9 Å². The maximum Gasteiger partial charge on any atom is 0.319 e. The van der Waals surface area contributed by atoms with Crippen LogP contribution in [0.5, 0.6) is 5.75 Å². The zero-order valence-corrected chi connectivity index (χ0v) is 11.2. The minimum absolute atomic E-state index is 0.0955. The molecule has 98 valence electrons. The van der Waals surface area contributed by atoms with Gasteiger partial charge in [-0.05, 0) is 38.1 Å². The summed E-state index contributed by atoms with van der Waals surface area (Å²) in [6.07, 6.45) is 0. The molecule has 2 amide bonds. The van der Waals surface area contributed by atoms with Crippen LogP contribution < -0.4 is 21.1 Å². The number of nitrogens with one attached hydrogen (secondary N) is 2. The van der Waals surface area contributed by atoms with Crippen LogP contribution in [0.2, 0.25) is 0 Å². The van der Waals surface area contributed by atoms with Gasteiger partial charge < -0.3 is 21.1 Å². The second kappa shape index (κ2) is 6.80. The molecule has 5 nitrogen and oxygen atoms in total. The summed E-state index contributed by atoms with van der Waals surface area (Å²) in [6.45, 7) is 3.99. The molecule has 1 aromatic carbocycles. The first-order chi connectivity index (χ1) is 8.47. The Morgan fingerprint density at radius 2 is 2.00 bits per heavy atom. The lowest BCUT2D eigenvalue weighted by Crippen LogP contribution is -2.34. The zero-order chi connectivity index (χ0) is 13.5. The smallest absolute Gasteiger partial charge is 0.319 e. The first-order valence-corrected chi connectivity index (χ1v) is 5.97. The summed E-state index contributed by atoms with van der Waals surface area (Å²) in [5.74, 6) is 0.651. The molecule has 4 N–H and O–H groups in total. The summed E-state index contributed by atoms with van der Waals surface area (Å²) < 4.78 is 5.30.